The van der Waals surface area contributed by atoms with Crippen LogP contribution < -0.4 is 15.0 Å². The molecule has 5 rings (SSSR count). The normalized spacial score (nSPS) is 18.3. The van der Waals surface area contributed by atoms with Crippen LogP contribution in [-0.2, 0) is 4.79 Å². The van der Waals surface area contributed by atoms with Crippen LogP contribution in [-0.4, -0.2) is 59.2 Å². The summed E-state index contributed by atoms with van der Waals surface area (Å²) >= 11 is 0. The van der Waals surface area contributed by atoms with E-state index in [-0.39, 0.29) is 23.8 Å². The molecule has 3 heterocycles. The molecule has 3 aromatic rings. The van der Waals surface area contributed by atoms with Crippen molar-refractivity contribution in [1.29, 1.82) is 0 Å². The number of carbonyl (C=O) groups is 2. The molecule has 0 spiro atoms. The van der Waals surface area contributed by atoms with E-state index >= 15 is 0 Å². The number of nitrogens with zero attached hydrogens (tertiary/aromatic N) is 4. The van der Waals surface area contributed by atoms with E-state index in [0.29, 0.717) is 19.6 Å². The van der Waals surface area contributed by atoms with Gasteiger partial charge in [-0.3, -0.25) is 9.59 Å². The van der Waals surface area contributed by atoms with Gasteiger partial charge in [0.1, 0.15) is 11.9 Å². The number of aromatic nitrogens is 2. The molecule has 2 saturated heterocycles. The number of piperidine rings is 1. The van der Waals surface area contributed by atoms with E-state index in [1.54, 1.807) is 6.20 Å². The van der Waals surface area contributed by atoms with Gasteiger partial charge in [0.15, 0.2) is 5.82 Å². The van der Waals surface area contributed by atoms with Crippen LogP contribution >= 0.6 is 0 Å². The van der Waals surface area contributed by atoms with Crippen LogP contribution in [0.3, 0.4) is 0 Å². The molecule has 2 aromatic carbocycles. The predicted octanol–water partition coefficient (Wildman–Crippen LogP) is 3.63. The van der Waals surface area contributed by atoms with Crippen molar-refractivity contribution >= 4 is 23.3 Å². The summed E-state index contributed by atoms with van der Waals surface area (Å²) in [6.45, 7) is 2.79. The number of anilines is 2. The van der Waals surface area contributed by atoms with Gasteiger partial charge in [-0.25, -0.2) is 0 Å². The Morgan fingerprint density at radius 2 is 1.66 bits per heavy atom. The summed E-state index contributed by atoms with van der Waals surface area (Å²) in [5.41, 5.74) is 1.48. The van der Waals surface area contributed by atoms with Crippen molar-refractivity contribution in [1.82, 2.24) is 15.1 Å². The van der Waals surface area contributed by atoms with Crippen molar-refractivity contribution in [2.75, 3.05) is 36.4 Å². The highest BCUT2D eigenvalue weighted by molar-refractivity contribution is 5.94. The van der Waals surface area contributed by atoms with E-state index in [1.807, 2.05) is 71.6 Å². The fraction of sp³-hybridized carbons (Fsp3) is 0.333. The Labute approximate surface area is 204 Å². The molecule has 0 saturated carbocycles. The Balaban J connectivity index is 1.08. The summed E-state index contributed by atoms with van der Waals surface area (Å²) in [5, 5.41) is 11.1. The average molecular weight is 472 g/mol. The van der Waals surface area contributed by atoms with Crippen molar-refractivity contribution in [3.8, 4) is 5.75 Å². The van der Waals surface area contributed by atoms with Crippen LogP contribution in [0, 0.1) is 5.92 Å². The van der Waals surface area contributed by atoms with Crippen LogP contribution in [0.4, 0.5) is 11.5 Å². The quantitative estimate of drug-likeness (QED) is 0.591. The molecular formula is C27H29N5O3. The Morgan fingerprint density at radius 3 is 2.37 bits per heavy atom. The van der Waals surface area contributed by atoms with Gasteiger partial charge in [-0.1, -0.05) is 18.2 Å². The van der Waals surface area contributed by atoms with Crippen molar-refractivity contribution < 1.29 is 14.3 Å². The second kappa shape index (κ2) is 10.5. The summed E-state index contributed by atoms with van der Waals surface area (Å²) in [6, 6.07) is 20.7. The molecule has 1 atom stereocenters. The number of benzene rings is 2. The SMILES string of the molecule is O=C(Nc1ccc(OC2CCN(C(=O)c3ccccc3)CC2)cc1)[C@H]1CCN(c2cccnn2)C1. The average Bonchev–Trinajstić information content (AvgIpc) is 3.42. The third-order valence-corrected chi connectivity index (χ3v) is 6.62. The minimum absolute atomic E-state index is 0.0144. The molecule has 2 aliphatic heterocycles. The van der Waals surface area contributed by atoms with Crippen LogP contribution in [0.1, 0.15) is 29.6 Å². The lowest BCUT2D eigenvalue weighted by Gasteiger charge is -2.32. The second-order valence-corrected chi connectivity index (χ2v) is 9.00. The number of hydrogen-bond acceptors (Lipinski definition) is 6. The predicted molar refractivity (Wildman–Crippen MR) is 133 cm³/mol. The smallest absolute Gasteiger partial charge is 0.253 e. The molecule has 0 radical (unpaired) electrons. The van der Waals surface area contributed by atoms with E-state index in [9.17, 15) is 9.59 Å². The number of likely N-dealkylation sites (tertiary alicyclic amines) is 1. The first-order valence-corrected chi connectivity index (χ1v) is 12.1. The minimum atomic E-state index is -0.0864. The summed E-state index contributed by atoms with van der Waals surface area (Å²) in [5.74, 6) is 1.58. The summed E-state index contributed by atoms with van der Waals surface area (Å²) in [4.78, 5) is 29.3. The standard InChI is InChI=1S/C27H29N5O3/c33-26(21-12-16-32(19-21)25-7-4-15-28-30-25)29-22-8-10-23(11-9-22)35-24-13-17-31(18-14-24)27(34)20-5-2-1-3-6-20/h1-11,15,21,24H,12-14,16-19H2,(H,29,33)/t21-/m0/s1. The van der Waals surface area contributed by atoms with Crippen LogP contribution in [0.2, 0.25) is 0 Å². The molecule has 2 aliphatic rings. The summed E-state index contributed by atoms with van der Waals surface area (Å²) < 4.78 is 6.14. The van der Waals surface area contributed by atoms with E-state index < -0.39 is 0 Å². The Morgan fingerprint density at radius 1 is 0.886 bits per heavy atom. The summed E-state index contributed by atoms with van der Waals surface area (Å²) in [7, 11) is 0. The van der Waals surface area contributed by atoms with E-state index in [2.05, 4.69) is 20.4 Å². The van der Waals surface area contributed by atoms with Gasteiger partial charge in [-0.15, -0.1) is 5.10 Å². The molecule has 180 valence electrons. The van der Waals surface area contributed by atoms with Gasteiger partial charge < -0.3 is 19.9 Å². The van der Waals surface area contributed by atoms with Gasteiger partial charge in [0.05, 0.1) is 5.92 Å². The largest absolute Gasteiger partial charge is 0.490 e. The van der Waals surface area contributed by atoms with Gasteiger partial charge >= 0.3 is 0 Å². The number of rotatable bonds is 6. The van der Waals surface area contributed by atoms with E-state index in [1.165, 1.54) is 0 Å². The van der Waals surface area contributed by atoms with Crippen molar-refractivity contribution in [3.05, 3.63) is 78.5 Å². The third kappa shape index (κ3) is 5.59. The van der Waals surface area contributed by atoms with Gasteiger partial charge in [0.25, 0.3) is 5.91 Å². The number of ether oxygens (including phenoxy) is 1. The first-order chi connectivity index (χ1) is 17.2. The van der Waals surface area contributed by atoms with Crippen molar-refractivity contribution in [2.45, 2.75) is 25.4 Å². The number of amides is 2. The molecule has 0 unspecified atom stereocenters. The van der Waals surface area contributed by atoms with Gasteiger partial charge in [-0.05, 0) is 55.0 Å². The molecule has 2 fully saturated rings. The zero-order valence-electron chi connectivity index (χ0n) is 19.5. The van der Waals surface area contributed by atoms with Crippen molar-refractivity contribution in [3.63, 3.8) is 0 Å². The zero-order valence-corrected chi connectivity index (χ0v) is 19.5. The Kier molecular flexibility index (Phi) is 6.88. The van der Waals surface area contributed by atoms with Crippen molar-refractivity contribution in [2.24, 2.45) is 5.92 Å². The maximum Gasteiger partial charge on any atom is 0.253 e. The number of nitrogens with one attached hydrogen (secondary N) is 1. The lowest BCUT2D eigenvalue weighted by molar-refractivity contribution is -0.119. The van der Waals surface area contributed by atoms with Crippen LogP contribution in [0.25, 0.3) is 0 Å². The van der Waals surface area contributed by atoms with Gasteiger partial charge in [-0.2, -0.15) is 5.10 Å². The third-order valence-electron chi connectivity index (χ3n) is 6.62. The molecular weight excluding hydrogens is 442 g/mol. The first kappa shape index (κ1) is 22.8. The topological polar surface area (TPSA) is 87.7 Å². The highest BCUT2D eigenvalue weighted by Gasteiger charge is 2.29. The first-order valence-electron chi connectivity index (χ1n) is 12.1. The monoisotopic (exact) mass is 471 g/mol. The minimum Gasteiger partial charge on any atom is -0.490 e. The number of hydrogen-bond donors (Lipinski definition) is 1. The number of carbonyl (C=O) groups excluding carboxylic acids is 2. The molecule has 1 N–H and O–H groups in total. The highest BCUT2D eigenvalue weighted by atomic mass is 16.5. The molecule has 1 aromatic heterocycles. The second-order valence-electron chi connectivity index (χ2n) is 9.00. The summed E-state index contributed by atoms with van der Waals surface area (Å²) in [6.07, 6.45) is 4.09. The fourth-order valence-electron chi connectivity index (χ4n) is 4.64. The lowest BCUT2D eigenvalue weighted by Crippen LogP contribution is -2.41. The van der Waals surface area contributed by atoms with E-state index in [4.69, 9.17) is 4.74 Å². The maximum atomic E-state index is 12.7. The van der Waals surface area contributed by atoms with Gasteiger partial charge in [0, 0.05) is 56.5 Å². The zero-order chi connectivity index (χ0) is 24.0. The Hall–Kier alpha value is -3.94. The molecule has 0 bridgehead atoms. The lowest BCUT2D eigenvalue weighted by atomic mass is 10.1. The fourth-order valence-corrected chi connectivity index (χ4v) is 4.64. The molecule has 0 aliphatic carbocycles. The molecule has 8 nitrogen and oxygen atoms in total. The highest BCUT2D eigenvalue weighted by Crippen LogP contribution is 2.25. The molecule has 8 heteroatoms. The Bertz CT molecular complexity index is 1130. The van der Waals surface area contributed by atoms with Crippen LogP contribution in [0.15, 0.2) is 72.9 Å². The van der Waals surface area contributed by atoms with Gasteiger partial charge in [0.2, 0.25) is 5.91 Å². The van der Waals surface area contributed by atoms with Crippen LogP contribution in [0.5, 0.6) is 5.75 Å². The maximum absolute atomic E-state index is 12.7. The van der Waals surface area contributed by atoms with E-state index in [0.717, 1.165) is 48.6 Å². The molecule has 2 amide bonds. The molecule has 35 heavy (non-hydrogen) atoms.